The smallest absolute Gasteiger partial charge is 0.241 e. The molecule has 0 saturated heterocycles. The largest absolute Gasteiger partial charge is 0.396 e. The summed E-state index contributed by atoms with van der Waals surface area (Å²) >= 11 is 0. The summed E-state index contributed by atoms with van der Waals surface area (Å²) < 4.78 is 4.90. The third-order valence-corrected chi connectivity index (χ3v) is 4.54. The summed E-state index contributed by atoms with van der Waals surface area (Å²) in [6.07, 6.45) is 6.81. The zero-order valence-electron chi connectivity index (χ0n) is 15.2. The number of amides is 1. The molecule has 0 spiro atoms. The number of guanidine groups is 1. The van der Waals surface area contributed by atoms with Gasteiger partial charge in [-0.15, -0.1) is 0 Å². The molecule has 0 bridgehead atoms. The van der Waals surface area contributed by atoms with Gasteiger partial charge in [0.15, 0.2) is 5.96 Å². The molecule has 0 heterocycles. The van der Waals surface area contributed by atoms with E-state index >= 15 is 0 Å². The van der Waals surface area contributed by atoms with Crippen molar-refractivity contribution in [2.45, 2.75) is 45.4 Å². The lowest BCUT2D eigenvalue weighted by molar-refractivity contribution is -0.119. The molecular weight excluding hydrogens is 308 g/mol. The van der Waals surface area contributed by atoms with E-state index in [1.165, 1.54) is 19.3 Å². The van der Waals surface area contributed by atoms with Crippen LogP contribution in [-0.4, -0.2) is 63.5 Å². The summed E-state index contributed by atoms with van der Waals surface area (Å²) in [5.41, 5.74) is 0.143. The second-order valence-corrected chi connectivity index (χ2v) is 6.43. The van der Waals surface area contributed by atoms with Crippen LogP contribution in [-0.2, 0) is 9.53 Å². The third-order valence-electron chi connectivity index (χ3n) is 4.54. The van der Waals surface area contributed by atoms with E-state index in [9.17, 15) is 9.90 Å². The topological polar surface area (TPSA) is 95.0 Å². The maximum atomic E-state index is 11.7. The average Bonchev–Trinajstić information content (AvgIpc) is 2.59. The molecular formula is C17H34N4O3. The molecule has 7 nitrogen and oxygen atoms in total. The predicted octanol–water partition coefficient (Wildman–Crippen LogP) is 0.637. The van der Waals surface area contributed by atoms with Crippen LogP contribution in [0.4, 0.5) is 0 Å². The molecule has 1 aliphatic rings. The van der Waals surface area contributed by atoms with Gasteiger partial charge in [0.05, 0.1) is 6.61 Å². The van der Waals surface area contributed by atoms with E-state index in [-0.39, 0.29) is 24.5 Å². The Labute approximate surface area is 145 Å². The molecule has 1 amide bonds. The fourth-order valence-electron chi connectivity index (χ4n) is 3.17. The highest BCUT2D eigenvalue weighted by molar-refractivity contribution is 5.84. The van der Waals surface area contributed by atoms with Gasteiger partial charge < -0.3 is 25.8 Å². The van der Waals surface area contributed by atoms with Crippen molar-refractivity contribution in [1.29, 1.82) is 0 Å². The predicted molar refractivity (Wildman–Crippen MR) is 96.1 cm³/mol. The van der Waals surface area contributed by atoms with Crippen molar-refractivity contribution < 1.29 is 14.6 Å². The number of aliphatic hydroxyl groups excluding tert-OH is 1. The number of nitrogens with zero attached hydrogens (tertiary/aromatic N) is 1. The van der Waals surface area contributed by atoms with Crippen LogP contribution >= 0.6 is 0 Å². The molecule has 0 unspecified atom stereocenters. The average molecular weight is 342 g/mol. The minimum Gasteiger partial charge on any atom is -0.396 e. The molecule has 4 N–H and O–H groups in total. The van der Waals surface area contributed by atoms with E-state index in [1.54, 1.807) is 7.11 Å². The molecule has 0 aromatic carbocycles. The van der Waals surface area contributed by atoms with Crippen molar-refractivity contribution in [3.63, 3.8) is 0 Å². The zero-order chi connectivity index (χ0) is 17.7. The molecule has 1 rings (SSSR count). The van der Waals surface area contributed by atoms with Crippen LogP contribution in [0.1, 0.15) is 45.4 Å². The number of carbonyl (C=O) groups is 1. The maximum Gasteiger partial charge on any atom is 0.241 e. The van der Waals surface area contributed by atoms with Gasteiger partial charge in [-0.2, -0.15) is 0 Å². The standard InChI is InChI=1S/C17H34N4O3/c1-3-18-16(20-13-15(23)19-10-12-24-2)21-14-17(9-11-22)7-5-4-6-8-17/h22H,3-14H2,1-2H3,(H,19,23)(H2,18,20,21). The van der Waals surface area contributed by atoms with Crippen LogP contribution in [0.3, 0.4) is 0 Å². The van der Waals surface area contributed by atoms with Crippen LogP contribution in [0.2, 0.25) is 0 Å². The summed E-state index contributed by atoms with van der Waals surface area (Å²) in [6.45, 7) is 4.82. The Balaban J connectivity index is 2.50. The molecule has 1 aliphatic carbocycles. The van der Waals surface area contributed by atoms with E-state index in [0.29, 0.717) is 19.1 Å². The van der Waals surface area contributed by atoms with Crippen molar-refractivity contribution >= 4 is 11.9 Å². The van der Waals surface area contributed by atoms with Crippen molar-refractivity contribution in [2.24, 2.45) is 10.4 Å². The number of hydrogen-bond donors (Lipinski definition) is 4. The van der Waals surface area contributed by atoms with Gasteiger partial charge in [0.2, 0.25) is 5.91 Å². The highest BCUT2D eigenvalue weighted by Gasteiger charge is 2.31. The zero-order valence-corrected chi connectivity index (χ0v) is 15.2. The number of carbonyl (C=O) groups excluding carboxylic acids is 1. The van der Waals surface area contributed by atoms with Gasteiger partial charge >= 0.3 is 0 Å². The van der Waals surface area contributed by atoms with E-state index in [1.807, 2.05) is 6.92 Å². The lowest BCUT2D eigenvalue weighted by Crippen LogP contribution is -2.45. The number of hydrogen-bond acceptors (Lipinski definition) is 4. The minimum atomic E-state index is -0.119. The van der Waals surface area contributed by atoms with Crippen LogP contribution in [0, 0.1) is 5.41 Å². The summed E-state index contributed by atoms with van der Waals surface area (Å²) in [5.74, 6) is 0.536. The van der Waals surface area contributed by atoms with E-state index in [0.717, 1.165) is 32.4 Å². The van der Waals surface area contributed by atoms with Gasteiger partial charge in [0, 0.05) is 33.4 Å². The van der Waals surface area contributed by atoms with E-state index in [2.05, 4.69) is 20.9 Å². The number of methoxy groups -OCH3 is 1. The van der Waals surface area contributed by atoms with Crippen LogP contribution in [0.25, 0.3) is 0 Å². The fourth-order valence-corrected chi connectivity index (χ4v) is 3.17. The van der Waals surface area contributed by atoms with E-state index < -0.39 is 0 Å². The Morgan fingerprint density at radius 2 is 1.96 bits per heavy atom. The lowest BCUT2D eigenvalue weighted by Gasteiger charge is -2.37. The number of nitrogens with one attached hydrogen (secondary N) is 3. The van der Waals surface area contributed by atoms with Gasteiger partial charge in [-0.25, -0.2) is 4.99 Å². The number of rotatable bonds is 10. The van der Waals surface area contributed by atoms with Crippen molar-refractivity contribution in [3.8, 4) is 0 Å². The first-order valence-electron chi connectivity index (χ1n) is 9.04. The quantitative estimate of drug-likeness (QED) is 0.265. The molecule has 0 aromatic heterocycles. The number of aliphatic imine (C=N–C) groups is 1. The third kappa shape index (κ3) is 7.97. The first kappa shape index (κ1) is 20.7. The normalized spacial score (nSPS) is 17.4. The molecule has 1 saturated carbocycles. The molecule has 0 radical (unpaired) electrons. The Bertz CT molecular complexity index is 377. The van der Waals surface area contributed by atoms with Gasteiger partial charge in [-0.05, 0) is 31.6 Å². The van der Waals surface area contributed by atoms with Gasteiger partial charge in [-0.3, -0.25) is 4.79 Å². The monoisotopic (exact) mass is 342 g/mol. The molecule has 0 aliphatic heterocycles. The van der Waals surface area contributed by atoms with E-state index in [4.69, 9.17) is 4.74 Å². The summed E-state index contributed by atoms with van der Waals surface area (Å²) in [6, 6.07) is 0. The molecule has 140 valence electrons. The molecule has 7 heteroatoms. The first-order valence-corrected chi connectivity index (χ1v) is 9.04. The number of ether oxygens (including phenoxy) is 1. The van der Waals surface area contributed by atoms with Crippen LogP contribution < -0.4 is 16.0 Å². The summed E-state index contributed by atoms with van der Waals surface area (Å²) in [5, 5.41) is 18.7. The molecule has 0 atom stereocenters. The number of aliphatic hydroxyl groups is 1. The Morgan fingerprint density at radius 1 is 1.21 bits per heavy atom. The Kier molecular flexibility index (Phi) is 10.4. The first-order chi connectivity index (χ1) is 11.7. The fraction of sp³-hybridized carbons (Fsp3) is 0.882. The SMILES string of the molecule is CCNC(=NCC(=O)NCCOC)NCC1(CCO)CCCCC1. The molecule has 0 aromatic rings. The molecule has 24 heavy (non-hydrogen) atoms. The maximum absolute atomic E-state index is 11.7. The van der Waals surface area contributed by atoms with Crippen molar-refractivity contribution in [2.75, 3.05) is 46.5 Å². The highest BCUT2D eigenvalue weighted by Crippen LogP contribution is 2.38. The summed E-state index contributed by atoms with van der Waals surface area (Å²) in [7, 11) is 1.60. The lowest BCUT2D eigenvalue weighted by atomic mass is 9.72. The van der Waals surface area contributed by atoms with Gasteiger partial charge in [-0.1, -0.05) is 19.3 Å². The van der Waals surface area contributed by atoms with Gasteiger partial charge in [0.25, 0.3) is 0 Å². The molecule has 1 fully saturated rings. The van der Waals surface area contributed by atoms with Crippen molar-refractivity contribution in [1.82, 2.24) is 16.0 Å². The minimum absolute atomic E-state index is 0.0893. The van der Waals surface area contributed by atoms with Crippen molar-refractivity contribution in [3.05, 3.63) is 0 Å². The van der Waals surface area contributed by atoms with Crippen LogP contribution in [0.5, 0.6) is 0 Å². The van der Waals surface area contributed by atoms with Gasteiger partial charge in [0.1, 0.15) is 6.54 Å². The second-order valence-electron chi connectivity index (χ2n) is 6.43. The second kappa shape index (κ2) is 12.1. The van der Waals surface area contributed by atoms with Crippen LogP contribution in [0.15, 0.2) is 4.99 Å². The Hall–Kier alpha value is -1.34. The Morgan fingerprint density at radius 3 is 2.58 bits per heavy atom. The highest BCUT2D eigenvalue weighted by atomic mass is 16.5. The summed E-state index contributed by atoms with van der Waals surface area (Å²) in [4.78, 5) is 16.1.